The lowest BCUT2D eigenvalue weighted by Gasteiger charge is -2.34. The van der Waals surface area contributed by atoms with E-state index >= 15 is 0 Å². The average Bonchev–Trinajstić information content (AvgIpc) is 2.31. The number of amides is 1. The number of ether oxygens (including phenoxy) is 1. The fourth-order valence-electron chi connectivity index (χ4n) is 1.78. The molecule has 5 nitrogen and oxygen atoms in total. The van der Waals surface area contributed by atoms with Crippen LogP contribution in [0.1, 0.15) is 53.4 Å². The Morgan fingerprint density at radius 1 is 1.11 bits per heavy atom. The van der Waals surface area contributed by atoms with Gasteiger partial charge in [0.2, 0.25) is 0 Å². The first-order valence-corrected chi connectivity index (χ1v) is 6.94. The molecule has 0 aliphatic heterocycles. The summed E-state index contributed by atoms with van der Waals surface area (Å²) in [5.41, 5.74) is -0.402. The molecule has 0 aliphatic carbocycles. The van der Waals surface area contributed by atoms with Gasteiger partial charge in [-0.05, 0) is 40.5 Å². The van der Waals surface area contributed by atoms with Crippen LogP contribution in [0.5, 0.6) is 0 Å². The lowest BCUT2D eigenvalue weighted by Crippen LogP contribution is -2.49. The number of aliphatic hydroxyl groups is 1. The van der Waals surface area contributed by atoms with E-state index in [1.807, 2.05) is 20.8 Å². The van der Waals surface area contributed by atoms with Crippen LogP contribution in [-0.4, -0.2) is 47.2 Å². The van der Waals surface area contributed by atoms with E-state index in [0.717, 1.165) is 25.7 Å². The van der Waals surface area contributed by atoms with Crippen LogP contribution in [0.4, 0.5) is 0 Å². The van der Waals surface area contributed by atoms with Crippen molar-refractivity contribution in [1.82, 2.24) is 4.90 Å². The molecule has 0 saturated heterocycles. The minimum absolute atomic E-state index is 0.199. The Labute approximate surface area is 115 Å². The van der Waals surface area contributed by atoms with E-state index in [1.165, 1.54) is 0 Å². The minimum Gasteiger partial charge on any atom is -0.459 e. The number of aliphatic hydroxyl groups excluding tert-OH is 1. The van der Waals surface area contributed by atoms with Gasteiger partial charge in [-0.3, -0.25) is 4.79 Å². The van der Waals surface area contributed by atoms with E-state index in [2.05, 4.69) is 0 Å². The van der Waals surface area contributed by atoms with Crippen LogP contribution < -0.4 is 0 Å². The molecule has 0 spiro atoms. The third kappa shape index (κ3) is 7.15. The smallest absolute Gasteiger partial charge is 0.397 e. The molecule has 0 bridgehead atoms. The number of nitrogens with zero attached hydrogens (tertiary/aromatic N) is 1. The summed E-state index contributed by atoms with van der Waals surface area (Å²) in [5.74, 6) is -1.36. The first-order chi connectivity index (χ1) is 8.84. The van der Waals surface area contributed by atoms with Gasteiger partial charge in [-0.1, -0.05) is 12.8 Å². The highest BCUT2D eigenvalue weighted by atomic mass is 16.5. The molecule has 1 amide bonds. The van der Waals surface area contributed by atoms with Crippen molar-refractivity contribution in [2.75, 3.05) is 19.8 Å². The molecule has 0 heterocycles. The molecule has 5 heteroatoms. The molecule has 0 atom stereocenters. The number of unbranched alkanes of at least 4 members (excludes halogenated alkanes) is 3. The lowest BCUT2D eigenvalue weighted by atomic mass is 10.0. The van der Waals surface area contributed by atoms with E-state index in [4.69, 9.17) is 9.84 Å². The highest BCUT2D eigenvalue weighted by Gasteiger charge is 2.31. The fourth-order valence-corrected chi connectivity index (χ4v) is 1.78. The van der Waals surface area contributed by atoms with Crippen molar-refractivity contribution < 1.29 is 19.4 Å². The Balaban J connectivity index is 4.40. The highest BCUT2D eigenvalue weighted by molar-refractivity contribution is 6.32. The Morgan fingerprint density at radius 3 is 2.16 bits per heavy atom. The number of hydrogen-bond acceptors (Lipinski definition) is 4. The van der Waals surface area contributed by atoms with Crippen LogP contribution in [0, 0.1) is 0 Å². The quantitative estimate of drug-likeness (QED) is 0.436. The van der Waals surface area contributed by atoms with Crippen LogP contribution in [0.15, 0.2) is 0 Å². The zero-order valence-electron chi connectivity index (χ0n) is 12.6. The van der Waals surface area contributed by atoms with Crippen molar-refractivity contribution in [2.45, 2.75) is 58.9 Å². The van der Waals surface area contributed by atoms with Gasteiger partial charge in [0.1, 0.15) is 0 Å². The third-order valence-corrected chi connectivity index (χ3v) is 2.79. The standard InChI is InChI=1S/C14H27NO4/c1-5-19-13(18)12(17)15(14(2,3)4)10-8-6-7-9-11-16/h16H,5-11H2,1-4H3. The second kappa shape index (κ2) is 8.91. The maximum Gasteiger partial charge on any atom is 0.397 e. The van der Waals surface area contributed by atoms with Crippen LogP contribution in [0.3, 0.4) is 0 Å². The van der Waals surface area contributed by atoms with E-state index < -0.39 is 17.4 Å². The molecule has 0 radical (unpaired) electrons. The first kappa shape index (κ1) is 17.9. The summed E-state index contributed by atoms with van der Waals surface area (Å²) in [7, 11) is 0. The molecule has 0 aliphatic rings. The molecule has 0 fully saturated rings. The van der Waals surface area contributed by atoms with Gasteiger partial charge in [-0.15, -0.1) is 0 Å². The van der Waals surface area contributed by atoms with E-state index in [-0.39, 0.29) is 13.2 Å². The van der Waals surface area contributed by atoms with Crippen molar-refractivity contribution in [2.24, 2.45) is 0 Å². The molecule has 1 N–H and O–H groups in total. The summed E-state index contributed by atoms with van der Waals surface area (Å²) in [4.78, 5) is 25.1. The zero-order chi connectivity index (χ0) is 14.9. The predicted molar refractivity (Wildman–Crippen MR) is 73.7 cm³/mol. The van der Waals surface area contributed by atoms with Crippen LogP contribution in [-0.2, 0) is 14.3 Å². The maximum atomic E-state index is 12.0. The Morgan fingerprint density at radius 2 is 1.68 bits per heavy atom. The van der Waals surface area contributed by atoms with Crippen LogP contribution in [0.2, 0.25) is 0 Å². The van der Waals surface area contributed by atoms with E-state index in [1.54, 1.807) is 11.8 Å². The predicted octanol–water partition coefficient (Wildman–Crippen LogP) is 1.73. The van der Waals surface area contributed by atoms with Gasteiger partial charge in [0.25, 0.3) is 0 Å². The number of esters is 1. The molecule has 0 aromatic carbocycles. The summed E-state index contributed by atoms with van der Waals surface area (Å²) in [6.07, 6.45) is 3.47. The number of rotatable bonds is 7. The second-order valence-corrected chi connectivity index (χ2v) is 5.49. The molecule has 0 aromatic heterocycles. The van der Waals surface area contributed by atoms with Gasteiger partial charge < -0.3 is 14.7 Å². The van der Waals surface area contributed by atoms with Crippen LogP contribution in [0.25, 0.3) is 0 Å². The van der Waals surface area contributed by atoms with Gasteiger partial charge >= 0.3 is 11.9 Å². The highest BCUT2D eigenvalue weighted by Crippen LogP contribution is 2.16. The van der Waals surface area contributed by atoms with Crippen LogP contribution >= 0.6 is 0 Å². The zero-order valence-corrected chi connectivity index (χ0v) is 12.6. The molecular formula is C14H27NO4. The third-order valence-electron chi connectivity index (χ3n) is 2.79. The minimum atomic E-state index is -0.784. The van der Waals surface area contributed by atoms with E-state index in [0.29, 0.717) is 6.54 Å². The Bertz CT molecular complexity index is 284. The lowest BCUT2D eigenvalue weighted by molar-refractivity contribution is -0.162. The van der Waals surface area contributed by atoms with Crippen molar-refractivity contribution >= 4 is 11.9 Å². The summed E-state index contributed by atoms with van der Waals surface area (Å²) >= 11 is 0. The molecule has 0 rings (SSSR count). The Kier molecular flexibility index (Phi) is 8.39. The first-order valence-electron chi connectivity index (χ1n) is 6.94. The summed E-state index contributed by atoms with van der Waals surface area (Å²) < 4.78 is 4.76. The molecular weight excluding hydrogens is 246 g/mol. The van der Waals surface area contributed by atoms with Crippen molar-refractivity contribution in [1.29, 1.82) is 0 Å². The number of carbonyl (C=O) groups excluding carboxylic acids is 2. The largest absolute Gasteiger partial charge is 0.459 e. The molecule has 19 heavy (non-hydrogen) atoms. The van der Waals surface area contributed by atoms with Crippen molar-refractivity contribution in [3.8, 4) is 0 Å². The summed E-state index contributed by atoms with van der Waals surface area (Å²) in [6.45, 7) is 8.32. The second-order valence-electron chi connectivity index (χ2n) is 5.49. The van der Waals surface area contributed by atoms with Gasteiger partial charge in [-0.25, -0.2) is 4.79 Å². The van der Waals surface area contributed by atoms with E-state index in [9.17, 15) is 9.59 Å². The van der Waals surface area contributed by atoms with Gasteiger partial charge in [-0.2, -0.15) is 0 Å². The molecule has 0 saturated carbocycles. The number of hydrogen-bond donors (Lipinski definition) is 1. The van der Waals surface area contributed by atoms with Gasteiger partial charge in [0, 0.05) is 18.7 Å². The molecule has 0 aromatic rings. The van der Waals surface area contributed by atoms with Gasteiger partial charge in [0.15, 0.2) is 0 Å². The summed E-state index contributed by atoms with van der Waals surface area (Å²) in [6, 6.07) is 0. The Hall–Kier alpha value is -1.10. The summed E-state index contributed by atoms with van der Waals surface area (Å²) in [5, 5.41) is 8.70. The maximum absolute atomic E-state index is 12.0. The number of carbonyl (C=O) groups is 2. The van der Waals surface area contributed by atoms with Gasteiger partial charge in [0.05, 0.1) is 6.61 Å². The fraction of sp³-hybridized carbons (Fsp3) is 0.857. The SMILES string of the molecule is CCOC(=O)C(=O)N(CCCCCCO)C(C)(C)C. The molecule has 112 valence electrons. The average molecular weight is 273 g/mol. The van der Waals surface area contributed by atoms with Crippen molar-refractivity contribution in [3.63, 3.8) is 0 Å². The van der Waals surface area contributed by atoms with Crippen molar-refractivity contribution in [3.05, 3.63) is 0 Å². The monoisotopic (exact) mass is 273 g/mol. The topological polar surface area (TPSA) is 66.8 Å². The normalized spacial score (nSPS) is 11.2. The molecule has 0 unspecified atom stereocenters.